The van der Waals surface area contributed by atoms with Crippen molar-refractivity contribution < 1.29 is 35.1 Å². The van der Waals surface area contributed by atoms with Gasteiger partial charge in [-0.15, -0.1) is 0 Å². The van der Waals surface area contributed by atoms with Gasteiger partial charge in [0, 0.05) is 23.7 Å². The number of rotatable bonds is 1. The molecule has 0 heterocycles. The molecular weight excluding hydrogens is 376 g/mol. The second-order valence-corrected chi connectivity index (χ2v) is 10.8. The summed E-state index contributed by atoms with van der Waals surface area (Å²) in [6.45, 7) is 10.7. The van der Waals surface area contributed by atoms with Crippen molar-refractivity contribution in [1.82, 2.24) is 0 Å². The topological polar surface area (TPSA) is 127 Å². The molecule has 0 aromatic rings. The first-order valence-electron chi connectivity index (χ1n) is 10.5. The van der Waals surface area contributed by atoms with Crippen LogP contribution in [0, 0.1) is 28.6 Å². The molecule has 0 saturated heterocycles. The predicted molar refractivity (Wildman–Crippen MR) is 103 cm³/mol. The van der Waals surface area contributed by atoms with Crippen LogP contribution in [0.25, 0.3) is 0 Å². The Morgan fingerprint density at radius 1 is 1.07 bits per heavy atom. The standard InChI is InChI=1S/C22H34O7/c1-10-12-6-14(24)17-18(29-11(2)23)21(12,9-20(17,5)27)8-16(26)22(28)13(10)7-15(25)19(22,3)4/h12-18,24-28H,1,6-9H2,2-5H3. The number of hydrogen-bond acceptors (Lipinski definition) is 7. The molecular formula is C22H34O7. The second-order valence-electron chi connectivity index (χ2n) is 10.8. The number of esters is 1. The molecule has 10 atom stereocenters. The van der Waals surface area contributed by atoms with E-state index in [0.717, 1.165) is 0 Å². The van der Waals surface area contributed by atoms with E-state index in [2.05, 4.69) is 6.58 Å². The average Bonchev–Trinajstić information content (AvgIpc) is 2.84. The molecule has 1 spiro atoms. The van der Waals surface area contributed by atoms with E-state index in [1.165, 1.54) is 6.92 Å². The van der Waals surface area contributed by atoms with Crippen molar-refractivity contribution in [2.24, 2.45) is 28.6 Å². The highest BCUT2D eigenvalue weighted by atomic mass is 16.5. The molecule has 0 radical (unpaired) electrons. The maximum Gasteiger partial charge on any atom is 0.302 e. The van der Waals surface area contributed by atoms with Crippen molar-refractivity contribution in [1.29, 1.82) is 0 Å². The Hall–Kier alpha value is -0.990. The molecule has 4 saturated carbocycles. The second kappa shape index (κ2) is 6.04. The Morgan fingerprint density at radius 3 is 2.28 bits per heavy atom. The lowest BCUT2D eigenvalue weighted by atomic mass is 9.60. The van der Waals surface area contributed by atoms with Crippen LogP contribution in [0.4, 0.5) is 0 Å². The molecule has 0 aromatic carbocycles. The summed E-state index contributed by atoms with van der Waals surface area (Å²) in [7, 11) is 0. The molecule has 4 aliphatic rings. The molecule has 0 aromatic heterocycles. The minimum Gasteiger partial charge on any atom is -0.461 e. The monoisotopic (exact) mass is 410 g/mol. The van der Waals surface area contributed by atoms with Crippen LogP contribution < -0.4 is 0 Å². The van der Waals surface area contributed by atoms with Gasteiger partial charge in [-0.25, -0.2) is 0 Å². The van der Waals surface area contributed by atoms with Gasteiger partial charge in [-0.2, -0.15) is 0 Å². The first kappa shape index (κ1) is 21.2. The summed E-state index contributed by atoms with van der Waals surface area (Å²) in [4.78, 5) is 11.9. The van der Waals surface area contributed by atoms with Crippen LogP contribution in [0.2, 0.25) is 0 Å². The van der Waals surface area contributed by atoms with Gasteiger partial charge < -0.3 is 30.3 Å². The molecule has 0 aliphatic heterocycles. The van der Waals surface area contributed by atoms with Crippen LogP contribution in [-0.2, 0) is 9.53 Å². The molecule has 4 rings (SSSR count). The molecule has 0 amide bonds. The van der Waals surface area contributed by atoms with Crippen molar-refractivity contribution in [3.05, 3.63) is 12.2 Å². The van der Waals surface area contributed by atoms with E-state index < -0.39 is 64.3 Å². The fourth-order valence-corrected chi connectivity index (χ4v) is 7.62. The highest BCUT2D eigenvalue weighted by Crippen LogP contribution is 2.69. The lowest BCUT2D eigenvalue weighted by Gasteiger charge is -2.48. The van der Waals surface area contributed by atoms with Gasteiger partial charge in [-0.1, -0.05) is 26.0 Å². The van der Waals surface area contributed by atoms with Gasteiger partial charge in [-0.3, -0.25) is 4.79 Å². The minimum atomic E-state index is -1.61. The van der Waals surface area contributed by atoms with Gasteiger partial charge in [0.2, 0.25) is 0 Å². The number of aliphatic hydroxyl groups excluding tert-OH is 3. The SMILES string of the molecule is C=C1C2CC(O)C3C(OC(C)=O)C2(CC(O)C2(O)C1CC(O)C2(C)C)CC3(C)O. The van der Waals surface area contributed by atoms with Crippen molar-refractivity contribution >= 4 is 5.97 Å². The molecule has 164 valence electrons. The molecule has 4 aliphatic carbocycles. The van der Waals surface area contributed by atoms with Gasteiger partial charge in [-0.05, 0) is 38.5 Å². The number of ether oxygens (including phenoxy) is 1. The van der Waals surface area contributed by atoms with Gasteiger partial charge >= 0.3 is 5.97 Å². The number of carbonyl (C=O) groups excluding carboxylic acids is 1. The molecule has 7 nitrogen and oxygen atoms in total. The lowest BCUT2D eigenvalue weighted by Crippen LogP contribution is -2.57. The Labute approximate surface area is 171 Å². The van der Waals surface area contributed by atoms with Crippen molar-refractivity contribution in [3.63, 3.8) is 0 Å². The number of hydrogen-bond donors (Lipinski definition) is 5. The summed E-state index contributed by atoms with van der Waals surface area (Å²) in [5.41, 5.74) is -4.05. The Balaban J connectivity index is 1.88. The Morgan fingerprint density at radius 2 is 1.69 bits per heavy atom. The quantitative estimate of drug-likeness (QED) is 0.315. The van der Waals surface area contributed by atoms with E-state index >= 15 is 0 Å². The van der Waals surface area contributed by atoms with Gasteiger partial charge in [0.25, 0.3) is 0 Å². The van der Waals surface area contributed by atoms with E-state index in [1.807, 2.05) is 0 Å². The van der Waals surface area contributed by atoms with E-state index in [0.29, 0.717) is 12.0 Å². The maximum absolute atomic E-state index is 11.9. The third kappa shape index (κ3) is 2.45. The highest BCUT2D eigenvalue weighted by Gasteiger charge is 2.74. The summed E-state index contributed by atoms with van der Waals surface area (Å²) in [5.74, 6) is -2.10. The van der Waals surface area contributed by atoms with E-state index in [9.17, 15) is 30.3 Å². The fourth-order valence-electron chi connectivity index (χ4n) is 7.62. The summed E-state index contributed by atoms with van der Waals surface area (Å²) in [6, 6.07) is 0. The minimum absolute atomic E-state index is 0.0944. The van der Waals surface area contributed by atoms with Crippen molar-refractivity contribution in [3.8, 4) is 0 Å². The number of carbonyl (C=O) groups is 1. The molecule has 10 unspecified atom stereocenters. The average molecular weight is 411 g/mol. The summed E-state index contributed by atoms with van der Waals surface area (Å²) in [5, 5.41) is 55.8. The third-order valence-electron chi connectivity index (χ3n) is 9.01. The number of aliphatic hydroxyl groups is 5. The zero-order valence-corrected chi connectivity index (χ0v) is 17.6. The summed E-state index contributed by atoms with van der Waals surface area (Å²) >= 11 is 0. The predicted octanol–water partition coefficient (Wildman–Crippen LogP) is 0.515. The van der Waals surface area contributed by atoms with Gasteiger partial charge in [0.1, 0.15) is 11.7 Å². The van der Waals surface area contributed by atoms with E-state index in [1.54, 1.807) is 20.8 Å². The summed E-state index contributed by atoms with van der Waals surface area (Å²) in [6.07, 6.45) is -2.81. The van der Waals surface area contributed by atoms with E-state index in [-0.39, 0.29) is 25.2 Å². The molecule has 4 fully saturated rings. The third-order valence-corrected chi connectivity index (χ3v) is 9.01. The van der Waals surface area contributed by atoms with Crippen LogP contribution in [0.5, 0.6) is 0 Å². The Bertz CT molecular complexity index is 745. The van der Waals surface area contributed by atoms with Crippen LogP contribution in [0.1, 0.15) is 53.4 Å². The maximum atomic E-state index is 11.9. The molecule has 5 N–H and O–H groups in total. The zero-order valence-electron chi connectivity index (χ0n) is 17.6. The van der Waals surface area contributed by atoms with Crippen LogP contribution in [-0.4, -0.2) is 67.1 Å². The van der Waals surface area contributed by atoms with Crippen molar-refractivity contribution in [2.75, 3.05) is 0 Å². The number of fused-ring (bicyclic) bond motifs is 2. The highest BCUT2D eigenvalue weighted by molar-refractivity contribution is 5.66. The molecule has 7 heteroatoms. The van der Waals surface area contributed by atoms with Crippen LogP contribution >= 0.6 is 0 Å². The smallest absolute Gasteiger partial charge is 0.302 e. The fraction of sp³-hybridized carbons (Fsp3) is 0.864. The lowest BCUT2D eigenvalue weighted by molar-refractivity contribution is -0.187. The first-order valence-corrected chi connectivity index (χ1v) is 10.5. The molecule has 29 heavy (non-hydrogen) atoms. The van der Waals surface area contributed by atoms with Crippen LogP contribution in [0.3, 0.4) is 0 Å². The van der Waals surface area contributed by atoms with Gasteiger partial charge in [0.15, 0.2) is 0 Å². The van der Waals surface area contributed by atoms with Crippen molar-refractivity contribution in [2.45, 2.75) is 89.0 Å². The molecule has 2 bridgehead atoms. The Kier molecular flexibility index (Phi) is 4.42. The normalized spacial score (nSPS) is 55.8. The summed E-state index contributed by atoms with van der Waals surface area (Å²) < 4.78 is 5.68. The van der Waals surface area contributed by atoms with Gasteiger partial charge in [0.05, 0.1) is 29.8 Å². The van der Waals surface area contributed by atoms with E-state index in [4.69, 9.17) is 4.74 Å². The first-order chi connectivity index (χ1) is 13.2. The largest absolute Gasteiger partial charge is 0.461 e. The van der Waals surface area contributed by atoms with Crippen LogP contribution in [0.15, 0.2) is 12.2 Å². The zero-order chi connectivity index (χ0) is 21.7.